The topological polar surface area (TPSA) is 119 Å². The van der Waals surface area contributed by atoms with E-state index in [0.29, 0.717) is 28.8 Å². The molecule has 2 rings (SSSR count). The van der Waals surface area contributed by atoms with Crippen molar-refractivity contribution in [1.82, 2.24) is 10.4 Å². The van der Waals surface area contributed by atoms with Crippen LogP contribution in [-0.2, 0) is 16.0 Å². The summed E-state index contributed by atoms with van der Waals surface area (Å²) < 4.78 is 5.35. The van der Waals surface area contributed by atoms with Crippen molar-refractivity contribution >= 4 is 39.7 Å². The van der Waals surface area contributed by atoms with E-state index in [1.165, 1.54) is 11.3 Å². The first-order valence-corrected chi connectivity index (χ1v) is 8.88. The third-order valence-corrected chi connectivity index (χ3v) is 3.87. The van der Waals surface area contributed by atoms with Gasteiger partial charge in [-0.1, -0.05) is 0 Å². The molecule has 1 aromatic carbocycles. The average molecular weight is 375 g/mol. The second kappa shape index (κ2) is 9.52. The summed E-state index contributed by atoms with van der Waals surface area (Å²) in [6.07, 6.45) is 0.153. The van der Waals surface area contributed by atoms with Gasteiger partial charge in [0.05, 0.1) is 25.1 Å². The maximum Gasteiger partial charge on any atom is 0.246 e. The van der Waals surface area contributed by atoms with Crippen LogP contribution in [0.4, 0.5) is 10.8 Å². The number of nitrogens with one attached hydrogen (secondary N) is 2. The maximum absolute atomic E-state index is 12.0. The largest absolute Gasteiger partial charge is 0.494 e. The van der Waals surface area contributed by atoms with E-state index in [1.807, 2.05) is 6.92 Å². The summed E-state index contributed by atoms with van der Waals surface area (Å²) in [6, 6.07) is 7.09. The second-order valence-corrected chi connectivity index (χ2v) is 6.31. The summed E-state index contributed by atoms with van der Waals surface area (Å²) in [4.78, 5) is 27.8. The average Bonchev–Trinajstić information content (AvgIpc) is 3.00. The lowest BCUT2D eigenvalue weighted by atomic mass is 10.2. The van der Waals surface area contributed by atoms with Gasteiger partial charge in [0.15, 0.2) is 5.13 Å². The van der Waals surface area contributed by atoms with Crippen molar-refractivity contribution < 1.29 is 14.3 Å². The van der Waals surface area contributed by atoms with Crippen molar-refractivity contribution in [2.45, 2.75) is 26.7 Å². The molecular weight excluding hydrogens is 354 g/mol. The number of hydrogen-bond donors (Lipinski definition) is 3. The summed E-state index contributed by atoms with van der Waals surface area (Å²) in [5.74, 6) is 0.200. The molecule has 0 unspecified atom stereocenters. The van der Waals surface area contributed by atoms with Gasteiger partial charge < -0.3 is 15.8 Å². The van der Waals surface area contributed by atoms with Crippen LogP contribution in [0.1, 0.15) is 26.0 Å². The van der Waals surface area contributed by atoms with Gasteiger partial charge in [-0.2, -0.15) is 5.10 Å². The number of nitrogens with zero attached hydrogens (tertiary/aromatic N) is 2. The molecule has 0 radical (unpaired) electrons. The van der Waals surface area contributed by atoms with Gasteiger partial charge in [0.1, 0.15) is 5.75 Å². The first-order chi connectivity index (χ1) is 12.5. The van der Waals surface area contributed by atoms with Gasteiger partial charge in [-0.3, -0.25) is 9.59 Å². The second-order valence-electron chi connectivity index (χ2n) is 5.42. The molecule has 0 fully saturated rings. The zero-order chi connectivity index (χ0) is 18.9. The number of ether oxygens (including phenoxy) is 1. The fourth-order valence-electron chi connectivity index (χ4n) is 2.04. The Kier molecular flexibility index (Phi) is 7.10. The van der Waals surface area contributed by atoms with Crippen LogP contribution in [-0.4, -0.2) is 29.1 Å². The molecular formula is C17H21N5O3S. The van der Waals surface area contributed by atoms with Gasteiger partial charge >= 0.3 is 0 Å². The van der Waals surface area contributed by atoms with Crippen LogP contribution < -0.4 is 21.2 Å². The number of benzene rings is 1. The zero-order valence-electron chi connectivity index (χ0n) is 14.6. The predicted octanol–water partition coefficient (Wildman–Crippen LogP) is 2.19. The minimum atomic E-state index is -0.318. The molecule has 0 saturated carbocycles. The highest BCUT2D eigenvalue weighted by atomic mass is 32.1. The highest BCUT2D eigenvalue weighted by molar-refractivity contribution is 7.13. The lowest BCUT2D eigenvalue weighted by Crippen LogP contribution is -2.23. The standard InChI is InChI=1S/C17H21N5O3S/c1-3-25-14-6-4-12(5-7-14)19-15(23)8-11(2)21-22-16(24)9-13-10-26-17(18)20-13/h4-7,10H,3,8-9H2,1-2H3,(H2,18,20)(H,19,23)(H,22,24)/b21-11-. The Labute approximate surface area is 155 Å². The Morgan fingerprint density at radius 2 is 2.00 bits per heavy atom. The van der Waals surface area contributed by atoms with E-state index in [-0.39, 0.29) is 24.7 Å². The molecule has 8 nitrogen and oxygen atoms in total. The van der Waals surface area contributed by atoms with Crippen LogP contribution in [0.15, 0.2) is 34.7 Å². The van der Waals surface area contributed by atoms with Gasteiger partial charge in [0.2, 0.25) is 11.8 Å². The molecule has 0 aliphatic heterocycles. The molecule has 26 heavy (non-hydrogen) atoms. The molecule has 0 aliphatic rings. The molecule has 9 heteroatoms. The molecule has 138 valence electrons. The van der Waals surface area contributed by atoms with Crippen molar-refractivity contribution in [3.63, 3.8) is 0 Å². The SMILES string of the molecule is CCOc1ccc(NC(=O)C/C(C)=N\NC(=O)Cc2csc(N)n2)cc1. The Bertz CT molecular complexity index is 786. The van der Waals surface area contributed by atoms with Crippen LogP contribution in [0.3, 0.4) is 0 Å². The molecule has 2 amide bonds. The first kappa shape index (κ1) is 19.4. The zero-order valence-corrected chi connectivity index (χ0v) is 15.4. The highest BCUT2D eigenvalue weighted by Crippen LogP contribution is 2.15. The molecule has 0 spiro atoms. The summed E-state index contributed by atoms with van der Waals surface area (Å²) in [6.45, 7) is 4.16. The summed E-state index contributed by atoms with van der Waals surface area (Å²) in [7, 11) is 0. The van der Waals surface area contributed by atoms with Crippen LogP contribution in [0, 0.1) is 0 Å². The van der Waals surface area contributed by atoms with Gasteiger partial charge in [-0.05, 0) is 38.1 Å². The number of rotatable bonds is 8. The lowest BCUT2D eigenvalue weighted by Gasteiger charge is -2.07. The quantitative estimate of drug-likeness (QED) is 0.483. The number of nitrogens with two attached hydrogens (primary N) is 1. The van der Waals surface area contributed by atoms with Gasteiger partial charge in [-0.25, -0.2) is 10.4 Å². The number of carbonyl (C=O) groups excluding carboxylic acids is 2. The summed E-state index contributed by atoms with van der Waals surface area (Å²) in [5.41, 5.74) is 9.66. The van der Waals surface area contributed by atoms with Gasteiger partial charge in [0, 0.05) is 16.8 Å². The van der Waals surface area contributed by atoms with E-state index < -0.39 is 0 Å². The fraction of sp³-hybridized carbons (Fsp3) is 0.294. The molecule has 2 aromatic rings. The third-order valence-electron chi connectivity index (χ3n) is 3.15. The fourth-order valence-corrected chi connectivity index (χ4v) is 2.61. The highest BCUT2D eigenvalue weighted by Gasteiger charge is 2.08. The number of hydrogen-bond acceptors (Lipinski definition) is 7. The normalized spacial score (nSPS) is 11.1. The number of carbonyl (C=O) groups is 2. The molecule has 0 atom stereocenters. The van der Waals surface area contributed by atoms with Crippen molar-refractivity contribution in [3.8, 4) is 5.75 Å². The number of amides is 2. The van der Waals surface area contributed by atoms with Crippen molar-refractivity contribution in [3.05, 3.63) is 35.3 Å². The molecule has 0 bridgehead atoms. The van der Waals surface area contributed by atoms with E-state index in [0.717, 1.165) is 5.75 Å². The van der Waals surface area contributed by atoms with Crippen molar-refractivity contribution in [2.75, 3.05) is 17.7 Å². The molecule has 0 saturated heterocycles. The van der Waals surface area contributed by atoms with E-state index in [9.17, 15) is 9.59 Å². The van der Waals surface area contributed by atoms with Gasteiger partial charge in [0.25, 0.3) is 0 Å². The number of aromatic nitrogens is 1. The first-order valence-electron chi connectivity index (χ1n) is 8.01. The van der Waals surface area contributed by atoms with Crippen LogP contribution in [0.2, 0.25) is 0 Å². The Morgan fingerprint density at radius 1 is 1.27 bits per heavy atom. The minimum Gasteiger partial charge on any atom is -0.494 e. The van der Waals surface area contributed by atoms with E-state index >= 15 is 0 Å². The maximum atomic E-state index is 12.0. The lowest BCUT2D eigenvalue weighted by molar-refractivity contribution is -0.120. The number of nitrogen functional groups attached to an aromatic ring is 1. The molecule has 4 N–H and O–H groups in total. The molecule has 1 heterocycles. The molecule has 1 aromatic heterocycles. The summed E-state index contributed by atoms with van der Waals surface area (Å²) in [5, 5.41) is 8.82. The Morgan fingerprint density at radius 3 is 2.62 bits per heavy atom. The van der Waals surface area contributed by atoms with Crippen molar-refractivity contribution in [1.29, 1.82) is 0 Å². The third kappa shape index (κ3) is 6.52. The van der Waals surface area contributed by atoms with Crippen LogP contribution in [0.25, 0.3) is 0 Å². The molecule has 0 aliphatic carbocycles. The predicted molar refractivity (Wildman–Crippen MR) is 102 cm³/mol. The van der Waals surface area contributed by atoms with Crippen LogP contribution in [0.5, 0.6) is 5.75 Å². The van der Waals surface area contributed by atoms with Gasteiger partial charge in [-0.15, -0.1) is 11.3 Å². The van der Waals surface area contributed by atoms with E-state index in [2.05, 4.69) is 20.8 Å². The van der Waals surface area contributed by atoms with E-state index in [1.54, 1.807) is 36.6 Å². The monoisotopic (exact) mass is 375 g/mol. The number of hydrazone groups is 1. The number of anilines is 2. The minimum absolute atomic E-state index is 0.0666. The Hall–Kier alpha value is -2.94. The smallest absolute Gasteiger partial charge is 0.246 e. The van der Waals surface area contributed by atoms with E-state index in [4.69, 9.17) is 10.5 Å². The summed E-state index contributed by atoms with van der Waals surface area (Å²) >= 11 is 1.27. The van der Waals surface area contributed by atoms with Crippen LogP contribution >= 0.6 is 11.3 Å². The van der Waals surface area contributed by atoms with Crippen molar-refractivity contribution in [2.24, 2.45) is 5.10 Å². The number of thiazole rings is 1. The Balaban J connectivity index is 1.78.